The second kappa shape index (κ2) is 10.3. The zero-order valence-corrected chi connectivity index (χ0v) is 18.1. The largest absolute Gasteiger partial charge is 0.481 e. The van der Waals surface area contributed by atoms with Crippen LogP contribution in [0.25, 0.3) is 11.5 Å². The van der Waals surface area contributed by atoms with Crippen molar-refractivity contribution in [1.82, 2.24) is 19.7 Å². The third-order valence-electron chi connectivity index (χ3n) is 4.21. The number of pyridine rings is 1. The Hall–Kier alpha value is -2.77. The van der Waals surface area contributed by atoms with Crippen LogP contribution >= 0.6 is 0 Å². The monoisotopic (exact) mass is 441 g/mol. The first-order valence-corrected chi connectivity index (χ1v) is 10.6. The molecule has 0 aliphatic rings. The number of hydrogen-bond donors (Lipinski definition) is 3. The molecule has 12 nitrogen and oxygen atoms in total. The number of sulfonamides is 1. The number of methoxy groups -OCH3 is 3. The Bertz CT molecular complexity index is 957. The van der Waals surface area contributed by atoms with Gasteiger partial charge in [0.15, 0.2) is 5.82 Å². The van der Waals surface area contributed by atoms with Gasteiger partial charge in [-0.3, -0.25) is 14.7 Å². The maximum Gasteiger partial charge on any atom is 0.239 e. The summed E-state index contributed by atoms with van der Waals surface area (Å²) in [4.78, 5) is 4.36. The quantitative estimate of drug-likeness (QED) is 0.316. The summed E-state index contributed by atoms with van der Waals surface area (Å²) in [6, 6.07) is 4.68. The van der Waals surface area contributed by atoms with Crippen molar-refractivity contribution in [3.8, 4) is 17.4 Å². The molecule has 4 N–H and O–H groups in total. The van der Waals surface area contributed by atoms with Crippen molar-refractivity contribution in [2.45, 2.75) is 24.6 Å². The lowest BCUT2D eigenvalue weighted by molar-refractivity contribution is 0.0908. The molecule has 0 amide bonds. The van der Waals surface area contributed by atoms with Gasteiger partial charge in [-0.1, -0.05) is 6.07 Å². The normalized spacial score (nSPS) is 12.7. The van der Waals surface area contributed by atoms with E-state index in [9.17, 15) is 8.42 Å². The molecule has 0 spiro atoms. The Labute approximate surface area is 175 Å². The van der Waals surface area contributed by atoms with Gasteiger partial charge in [0.1, 0.15) is 5.69 Å². The second-order valence-corrected chi connectivity index (χ2v) is 8.63. The molecule has 166 valence electrons. The molecular formula is C17H27N7O5S. The van der Waals surface area contributed by atoms with E-state index < -0.39 is 21.3 Å². The van der Waals surface area contributed by atoms with Crippen LogP contribution in [0.1, 0.15) is 19.4 Å². The van der Waals surface area contributed by atoms with Gasteiger partial charge in [-0.15, -0.1) is 10.2 Å². The number of nitrogens with two attached hydrogens (primary N) is 1. The van der Waals surface area contributed by atoms with Gasteiger partial charge < -0.3 is 19.9 Å². The molecule has 0 fully saturated rings. The Kier molecular flexibility index (Phi) is 8.08. The molecular weight excluding hydrogens is 414 g/mol. The fraction of sp³-hybridized carbons (Fsp3) is 0.529. The zero-order valence-electron chi connectivity index (χ0n) is 17.3. The van der Waals surface area contributed by atoms with E-state index in [0.717, 1.165) is 0 Å². The maximum atomic E-state index is 12.7. The van der Waals surface area contributed by atoms with Crippen LogP contribution in [0.4, 0.5) is 5.95 Å². The molecule has 2 aromatic rings. The molecule has 0 aliphatic heterocycles. The van der Waals surface area contributed by atoms with Crippen molar-refractivity contribution < 1.29 is 22.6 Å². The Balaban J connectivity index is 2.55. The molecule has 0 aliphatic carbocycles. The molecule has 0 saturated carbocycles. The van der Waals surface area contributed by atoms with Crippen molar-refractivity contribution in [1.29, 1.82) is 5.41 Å². The summed E-state index contributed by atoms with van der Waals surface area (Å²) in [5.74, 6) is 0.426. The molecule has 0 unspecified atom stereocenters. The van der Waals surface area contributed by atoms with E-state index in [1.54, 1.807) is 22.8 Å². The van der Waals surface area contributed by atoms with Crippen LogP contribution in [0, 0.1) is 5.41 Å². The number of anilines is 1. The standard InChI is InChI=1S/C17H27N7O5S/c1-11(8-14(18)19)30(25,26)23-17-22-21-16(13-6-5-7-15(20-13)29-4)24(17)12(9-27-2)10-28-3/h5-7,11-12H,8-10H2,1-4H3,(H3,18,19)(H,22,23)/t11-/m0/s1. The summed E-state index contributed by atoms with van der Waals surface area (Å²) >= 11 is 0. The number of ether oxygens (including phenoxy) is 3. The first-order chi connectivity index (χ1) is 14.2. The van der Waals surface area contributed by atoms with Gasteiger partial charge in [0.05, 0.1) is 37.5 Å². The number of nitrogens with zero attached hydrogens (tertiary/aromatic N) is 4. The van der Waals surface area contributed by atoms with Gasteiger partial charge in [-0.05, 0) is 13.0 Å². The maximum absolute atomic E-state index is 12.7. The van der Waals surface area contributed by atoms with E-state index >= 15 is 0 Å². The summed E-state index contributed by atoms with van der Waals surface area (Å²) in [5, 5.41) is 14.6. The summed E-state index contributed by atoms with van der Waals surface area (Å²) in [6.45, 7) is 1.87. The number of amidine groups is 1. The molecule has 2 aromatic heterocycles. The van der Waals surface area contributed by atoms with Crippen LogP contribution in [0.3, 0.4) is 0 Å². The van der Waals surface area contributed by atoms with Gasteiger partial charge in [0, 0.05) is 26.7 Å². The Morgan fingerprint density at radius 3 is 2.47 bits per heavy atom. The minimum Gasteiger partial charge on any atom is -0.481 e. The predicted octanol–water partition coefficient (Wildman–Crippen LogP) is 0.639. The Morgan fingerprint density at radius 2 is 1.90 bits per heavy atom. The highest BCUT2D eigenvalue weighted by Crippen LogP contribution is 2.27. The van der Waals surface area contributed by atoms with Crippen molar-refractivity contribution in [2.75, 3.05) is 39.3 Å². The van der Waals surface area contributed by atoms with E-state index in [1.165, 1.54) is 28.3 Å². The fourth-order valence-corrected chi connectivity index (χ4v) is 3.76. The van der Waals surface area contributed by atoms with Gasteiger partial charge in [0.2, 0.25) is 21.9 Å². The Morgan fingerprint density at radius 1 is 1.23 bits per heavy atom. The average Bonchev–Trinajstić information content (AvgIpc) is 3.10. The van der Waals surface area contributed by atoms with Crippen molar-refractivity contribution in [2.24, 2.45) is 5.73 Å². The minimum atomic E-state index is -3.90. The van der Waals surface area contributed by atoms with E-state index in [4.69, 9.17) is 25.4 Å². The summed E-state index contributed by atoms with van der Waals surface area (Å²) in [6.07, 6.45) is -0.118. The molecule has 13 heteroatoms. The smallest absolute Gasteiger partial charge is 0.239 e. The van der Waals surface area contributed by atoms with Gasteiger partial charge in [0.25, 0.3) is 0 Å². The molecule has 0 radical (unpaired) electrons. The van der Waals surface area contributed by atoms with Gasteiger partial charge in [-0.25, -0.2) is 13.4 Å². The molecule has 2 rings (SSSR count). The molecule has 0 bridgehead atoms. The number of hydrogen-bond acceptors (Lipinski definition) is 9. The zero-order chi connectivity index (χ0) is 22.3. The van der Waals surface area contributed by atoms with E-state index in [2.05, 4.69) is 19.9 Å². The average molecular weight is 442 g/mol. The molecule has 0 aromatic carbocycles. The number of aromatic nitrogens is 4. The van der Waals surface area contributed by atoms with Crippen LogP contribution in [-0.4, -0.2) is 73.8 Å². The SMILES string of the molecule is COCC(COC)n1c(NS(=O)(=O)[C@@H](C)CC(=N)N)nnc1-c1cccc(OC)n1. The van der Waals surface area contributed by atoms with E-state index in [1.807, 2.05) is 0 Å². The molecule has 2 heterocycles. The lowest BCUT2D eigenvalue weighted by Gasteiger charge is -2.22. The lowest BCUT2D eigenvalue weighted by Crippen LogP contribution is -2.31. The number of rotatable bonds is 12. The first kappa shape index (κ1) is 23.5. The first-order valence-electron chi connectivity index (χ1n) is 9.02. The van der Waals surface area contributed by atoms with Gasteiger partial charge in [-0.2, -0.15) is 0 Å². The van der Waals surface area contributed by atoms with Gasteiger partial charge >= 0.3 is 0 Å². The van der Waals surface area contributed by atoms with Crippen molar-refractivity contribution >= 4 is 21.8 Å². The van der Waals surface area contributed by atoms with Crippen LogP contribution in [-0.2, 0) is 19.5 Å². The third kappa shape index (κ3) is 5.64. The minimum absolute atomic E-state index is 0.0240. The summed E-state index contributed by atoms with van der Waals surface area (Å²) < 4.78 is 45.2. The highest BCUT2D eigenvalue weighted by Gasteiger charge is 2.28. The molecule has 0 saturated heterocycles. The molecule has 1 atom stereocenters. The van der Waals surface area contributed by atoms with E-state index in [-0.39, 0.29) is 31.4 Å². The summed E-state index contributed by atoms with van der Waals surface area (Å²) in [5.41, 5.74) is 5.78. The second-order valence-electron chi connectivity index (χ2n) is 6.53. The lowest BCUT2D eigenvalue weighted by atomic mass is 10.2. The third-order valence-corrected chi connectivity index (χ3v) is 5.90. The van der Waals surface area contributed by atoms with Crippen LogP contribution in [0.15, 0.2) is 18.2 Å². The fourth-order valence-electron chi connectivity index (χ4n) is 2.76. The van der Waals surface area contributed by atoms with Crippen molar-refractivity contribution in [3.63, 3.8) is 0 Å². The van der Waals surface area contributed by atoms with Crippen LogP contribution < -0.4 is 15.2 Å². The van der Waals surface area contributed by atoms with Crippen molar-refractivity contribution in [3.05, 3.63) is 18.2 Å². The highest BCUT2D eigenvalue weighted by molar-refractivity contribution is 7.93. The van der Waals surface area contributed by atoms with Crippen LogP contribution in [0.2, 0.25) is 0 Å². The summed E-state index contributed by atoms with van der Waals surface area (Å²) in [7, 11) is 0.641. The molecule has 30 heavy (non-hydrogen) atoms. The number of nitrogens with one attached hydrogen (secondary N) is 2. The topological polar surface area (TPSA) is 167 Å². The van der Waals surface area contributed by atoms with E-state index in [0.29, 0.717) is 17.4 Å². The van der Waals surface area contributed by atoms with Crippen LogP contribution in [0.5, 0.6) is 5.88 Å². The highest BCUT2D eigenvalue weighted by atomic mass is 32.2. The predicted molar refractivity (Wildman–Crippen MR) is 111 cm³/mol.